The van der Waals surface area contributed by atoms with Crippen molar-refractivity contribution >= 4 is 57.9 Å². The van der Waals surface area contributed by atoms with Gasteiger partial charge >= 0.3 is 0 Å². The van der Waals surface area contributed by atoms with Gasteiger partial charge in [0.25, 0.3) is 0 Å². The second-order valence-electron chi connectivity index (χ2n) is 7.43. The van der Waals surface area contributed by atoms with E-state index >= 15 is 0 Å². The molecule has 2 heterocycles. The smallest absolute Gasteiger partial charge is 0.244 e. The maximum absolute atomic E-state index is 12.7. The van der Waals surface area contributed by atoms with E-state index in [-0.39, 0.29) is 37.1 Å². The second kappa shape index (κ2) is 9.54. The molecule has 0 radical (unpaired) electrons. The van der Waals surface area contributed by atoms with Gasteiger partial charge in [0.2, 0.25) is 17.7 Å². The number of thiazole rings is 1. The second-order valence-corrected chi connectivity index (χ2v) is 9.61. The van der Waals surface area contributed by atoms with Crippen molar-refractivity contribution in [1.29, 1.82) is 0 Å². The highest BCUT2D eigenvalue weighted by atomic mass is 32.2. The molecule has 0 saturated heterocycles. The molecule has 3 aromatic rings. The highest BCUT2D eigenvalue weighted by molar-refractivity contribution is 8.01. The van der Waals surface area contributed by atoms with E-state index in [1.165, 1.54) is 4.90 Å². The first-order valence-electron chi connectivity index (χ1n) is 10.1. The average molecular weight is 467 g/mol. The van der Waals surface area contributed by atoms with Gasteiger partial charge in [-0.3, -0.25) is 14.4 Å². The van der Waals surface area contributed by atoms with Crippen LogP contribution >= 0.6 is 23.1 Å². The zero-order valence-corrected chi connectivity index (χ0v) is 19.3. The fraction of sp³-hybridized carbons (Fsp3) is 0.217. The minimum absolute atomic E-state index is 0.0177. The van der Waals surface area contributed by atoms with Crippen LogP contribution in [0.15, 0.2) is 57.1 Å². The fourth-order valence-corrected chi connectivity index (χ4v) is 5.25. The van der Waals surface area contributed by atoms with Crippen LogP contribution in [0.1, 0.15) is 24.1 Å². The number of nitrogens with zero attached hydrogens (tertiary/aromatic N) is 2. The molecule has 7 nitrogen and oxygen atoms in total. The zero-order valence-electron chi connectivity index (χ0n) is 17.7. The van der Waals surface area contributed by atoms with E-state index in [2.05, 4.69) is 15.6 Å². The number of hydrogen-bond donors (Lipinski definition) is 2. The van der Waals surface area contributed by atoms with Crippen LogP contribution in [0.3, 0.4) is 0 Å². The van der Waals surface area contributed by atoms with Crippen molar-refractivity contribution in [2.75, 3.05) is 22.1 Å². The summed E-state index contributed by atoms with van der Waals surface area (Å²) < 4.78 is 0.977. The third kappa shape index (κ3) is 5.17. The maximum atomic E-state index is 12.7. The highest BCUT2D eigenvalue weighted by Crippen LogP contribution is 2.32. The standard InChI is InChI=1S/C23H22N4O3S2/c1-14-11-16(32-23-24-15(2)13-31-23)7-8-17(14)25-20(28)9-10-22(30)27-12-21(29)26-18-5-3-4-6-19(18)27/h3-8,11,13H,9-10,12H2,1-2H3,(H,25,28)(H,26,29). The van der Waals surface area contributed by atoms with Crippen LogP contribution in [0, 0.1) is 13.8 Å². The Morgan fingerprint density at radius 2 is 2.00 bits per heavy atom. The summed E-state index contributed by atoms with van der Waals surface area (Å²) in [6, 6.07) is 12.9. The monoisotopic (exact) mass is 466 g/mol. The predicted molar refractivity (Wildman–Crippen MR) is 127 cm³/mol. The van der Waals surface area contributed by atoms with Crippen LogP contribution in [0.25, 0.3) is 0 Å². The molecule has 0 aliphatic carbocycles. The molecule has 4 rings (SSSR count). The van der Waals surface area contributed by atoms with Gasteiger partial charge in [-0.15, -0.1) is 11.3 Å². The van der Waals surface area contributed by atoms with E-state index in [1.807, 2.05) is 43.5 Å². The Morgan fingerprint density at radius 1 is 1.19 bits per heavy atom. The number of nitrogens with one attached hydrogen (secondary N) is 2. The van der Waals surface area contributed by atoms with Crippen LogP contribution in [-0.2, 0) is 14.4 Å². The summed E-state index contributed by atoms with van der Waals surface area (Å²) in [7, 11) is 0. The molecule has 1 aromatic heterocycles. The van der Waals surface area contributed by atoms with Crippen LogP contribution in [-0.4, -0.2) is 29.3 Å². The summed E-state index contributed by atoms with van der Waals surface area (Å²) in [6.07, 6.45) is 0.0529. The molecule has 0 atom stereocenters. The zero-order chi connectivity index (χ0) is 22.7. The largest absolute Gasteiger partial charge is 0.326 e. The van der Waals surface area contributed by atoms with Crippen molar-refractivity contribution in [3.8, 4) is 0 Å². The topological polar surface area (TPSA) is 91.4 Å². The minimum Gasteiger partial charge on any atom is -0.326 e. The summed E-state index contributed by atoms with van der Waals surface area (Å²) >= 11 is 3.19. The molecule has 0 spiro atoms. The Balaban J connectivity index is 1.34. The number of hydrogen-bond acceptors (Lipinski definition) is 6. The van der Waals surface area contributed by atoms with Gasteiger partial charge < -0.3 is 15.5 Å². The number of carbonyl (C=O) groups is 3. The van der Waals surface area contributed by atoms with Gasteiger partial charge in [0.15, 0.2) is 4.34 Å². The lowest BCUT2D eigenvalue weighted by molar-refractivity contribution is -0.124. The van der Waals surface area contributed by atoms with E-state index in [9.17, 15) is 14.4 Å². The van der Waals surface area contributed by atoms with Crippen molar-refractivity contribution in [3.63, 3.8) is 0 Å². The van der Waals surface area contributed by atoms with Crippen LogP contribution in [0.4, 0.5) is 17.1 Å². The number of carbonyl (C=O) groups excluding carboxylic acids is 3. The van der Waals surface area contributed by atoms with Crippen molar-refractivity contribution in [1.82, 2.24) is 4.98 Å². The molecular formula is C23H22N4O3S2. The Kier molecular flexibility index (Phi) is 6.57. The molecule has 32 heavy (non-hydrogen) atoms. The summed E-state index contributed by atoms with van der Waals surface area (Å²) in [5, 5.41) is 7.65. The first kappa shape index (κ1) is 22.0. The number of aromatic nitrogens is 1. The van der Waals surface area contributed by atoms with E-state index in [0.29, 0.717) is 17.1 Å². The van der Waals surface area contributed by atoms with Crippen LogP contribution < -0.4 is 15.5 Å². The van der Waals surface area contributed by atoms with Gasteiger partial charge in [0.05, 0.1) is 11.4 Å². The van der Waals surface area contributed by atoms with Gasteiger partial charge in [0.1, 0.15) is 6.54 Å². The van der Waals surface area contributed by atoms with E-state index in [4.69, 9.17) is 0 Å². The highest BCUT2D eigenvalue weighted by Gasteiger charge is 2.26. The first-order valence-corrected chi connectivity index (χ1v) is 11.8. The molecule has 1 aliphatic rings. The van der Waals surface area contributed by atoms with Crippen molar-refractivity contribution in [3.05, 3.63) is 59.1 Å². The number of anilines is 3. The summed E-state index contributed by atoms with van der Waals surface area (Å²) in [4.78, 5) is 44.0. The van der Waals surface area contributed by atoms with Crippen LogP contribution in [0.2, 0.25) is 0 Å². The quantitative estimate of drug-likeness (QED) is 0.553. The molecule has 3 amide bonds. The SMILES string of the molecule is Cc1csc(Sc2ccc(NC(=O)CCC(=O)N3CC(=O)Nc4ccccc43)c(C)c2)n1. The van der Waals surface area contributed by atoms with Crippen molar-refractivity contribution < 1.29 is 14.4 Å². The Morgan fingerprint density at radius 3 is 2.75 bits per heavy atom. The summed E-state index contributed by atoms with van der Waals surface area (Å²) in [5.41, 5.74) is 3.90. The Bertz CT molecular complexity index is 1190. The lowest BCUT2D eigenvalue weighted by Gasteiger charge is -2.29. The number of para-hydroxylation sites is 2. The van der Waals surface area contributed by atoms with Gasteiger partial charge in [0, 0.05) is 34.5 Å². The molecule has 0 unspecified atom stereocenters. The molecule has 2 N–H and O–H groups in total. The first-order chi connectivity index (χ1) is 15.4. The van der Waals surface area contributed by atoms with Crippen molar-refractivity contribution in [2.45, 2.75) is 35.9 Å². The van der Waals surface area contributed by atoms with E-state index in [0.717, 1.165) is 20.5 Å². The predicted octanol–water partition coefficient (Wildman–Crippen LogP) is 4.62. The number of aryl methyl sites for hydroxylation is 2. The Hall–Kier alpha value is -3.17. The lowest BCUT2D eigenvalue weighted by Crippen LogP contribution is -2.42. The summed E-state index contributed by atoms with van der Waals surface area (Å²) in [5.74, 6) is -0.750. The minimum atomic E-state index is -0.260. The molecule has 0 fully saturated rings. The maximum Gasteiger partial charge on any atom is 0.244 e. The fourth-order valence-electron chi connectivity index (χ4n) is 3.34. The average Bonchev–Trinajstić information content (AvgIpc) is 3.17. The lowest BCUT2D eigenvalue weighted by atomic mass is 10.1. The van der Waals surface area contributed by atoms with Gasteiger partial charge in [-0.05, 0) is 49.7 Å². The Labute approximate surface area is 194 Å². The number of fused-ring (bicyclic) bond motifs is 1. The number of amides is 3. The third-order valence-corrected chi connectivity index (χ3v) is 6.96. The van der Waals surface area contributed by atoms with E-state index in [1.54, 1.807) is 41.3 Å². The van der Waals surface area contributed by atoms with Gasteiger partial charge in [-0.25, -0.2) is 4.98 Å². The number of benzene rings is 2. The molecule has 0 bridgehead atoms. The van der Waals surface area contributed by atoms with Crippen molar-refractivity contribution in [2.24, 2.45) is 0 Å². The van der Waals surface area contributed by atoms with Gasteiger partial charge in [-0.1, -0.05) is 23.9 Å². The van der Waals surface area contributed by atoms with Crippen LogP contribution in [0.5, 0.6) is 0 Å². The third-order valence-electron chi connectivity index (χ3n) is 4.91. The van der Waals surface area contributed by atoms with E-state index < -0.39 is 0 Å². The molecule has 0 saturated carbocycles. The molecule has 164 valence electrons. The number of rotatable bonds is 6. The van der Waals surface area contributed by atoms with Gasteiger partial charge in [-0.2, -0.15) is 0 Å². The molecular weight excluding hydrogens is 444 g/mol. The normalized spacial score (nSPS) is 12.8. The molecule has 1 aliphatic heterocycles. The molecule has 2 aromatic carbocycles. The summed E-state index contributed by atoms with van der Waals surface area (Å²) in [6.45, 7) is 3.85. The molecule has 9 heteroatoms.